The van der Waals surface area contributed by atoms with Gasteiger partial charge < -0.3 is 15.4 Å². The predicted molar refractivity (Wildman–Crippen MR) is 117 cm³/mol. The SMILES string of the molecule is CN(C)Cc1cc(-c2cnc(N)c(-c3ccncc3F)c2)ccc1C1CCOCC1. The largest absolute Gasteiger partial charge is 0.383 e. The fourth-order valence-corrected chi connectivity index (χ4v) is 4.11. The zero-order chi connectivity index (χ0) is 21.1. The van der Waals surface area contributed by atoms with Crippen molar-refractivity contribution in [2.75, 3.05) is 33.0 Å². The van der Waals surface area contributed by atoms with Crippen LogP contribution >= 0.6 is 0 Å². The van der Waals surface area contributed by atoms with Crippen molar-refractivity contribution in [3.8, 4) is 22.3 Å². The van der Waals surface area contributed by atoms with Crippen LogP contribution in [0, 0.1) is 5.82 Å². The molecule has 5 nitrogen and oxygen atoms in total. The number of hydrogen-bond acceptors (Lipinski definition) is 5. The summed E-state index contributed by atoms with van der Waals surface area (Å²) >= 11 is 0. The van der Waals surface area contributed by atoms with Gasteiger partial charge in [-0.3, -0.25) is 4.98 Å². The Kier molecular flexibility index (Phi) is 6.06. The summed E-state index contributed by atoms with van der Waals surface area (Å²) in [6.07, 6.45) is 6.60. The lowest BCUT2D eigenvalue weighted by Crippen LogP contribution is -2.18. The first-order chi connectivity index (χ1) is 14.5. The summed E-state index contributed by atoms with van der Waals surface area (Å²) in [4.78, 5) is 10.3. The topological polar surface area (TPSA) is 64.3 Å². The molecule has 156 valence electrons. The van der Waals surface area contributed by atoms with Crippen molar-refractivity contribution in [2.24, 2.45) is 0 Å². The van der Waals surface area contributed by atoms with Crippen molar-refractivity contribution >= 4 is 5.82 Å². The van der Waals surface area contributed by atoms with Crippen molar-refractivity contribution in [1.29, 1.82) is 0 Å². The fraction of sp³-hybridized carbons (Fsp3) is 0.333. The second-order valence-electron chi connectivity index (χ2n) is 8.05. The molecule has 0 unspecified atom stereocenters. The number of pyridine rings is 2. The first-order valence-electron chi connectivity index (χ1n) is 10.2. The third kappa shape index (κ3) is 4.35. The highest BCUT2D eigenvalue weighted by molar-refractivity contribution is 5.79. The van der Waals surface area contributed by atoms with Crippen LogP contribution in [0.5, 0.6) is 0 Å². The molecular formula is C24H27FN4O. The Hall–Kier alpha value is -2.83. The second kappa shape index (κ2) is 8.90. The monoisotopic (exact) mass is 406 g/mol. The predicted octanol–water partition coefficient (Wildman–Crippen LogP) is 4.49. The summed E-state index contributed by atoms with van der Waals surface area (Å²) < 4.78 is 19.8. The minimum atomic E-state index is -0.411. The lowest BCUT2D eigenvalue weighted by atomic mass is 9.86. The third-order valence-corrected chi connectivity index (χ3v) is 5.61. The maximum Gasteiger partial charge on any atom is 0.149 e. The Bertz CT molecular complexity index is 1030. The van der Waals surface area contributed by atoms with Gasteiger partial charge in [0.25, 0.3) is 0 Å². The highest BCUT2D eigenvalue weighted by Crippen LogP contribution is 2.35. The molecule has 30 heavy (non-hydrogen) atoms. The maximum atomic E-state index is 14.3. The summed E-state index contributed by atoms with van der Waals surface area (Å²) in [5, 5.41) is 0. The van der Waals surface area contributed by atoms with Gasteiger partial charge in [-0.1, -0.05) is 12.1 Å². The van der Waals surface area contributed by atoms with E-state index in [4.69, 9.17) is 10.5 Å². The highest BCUT2D eigenvalue weighted by Gasteiger charge is 2.20. The number of nitrogens with two attached hydrogens (primary N) is 1. The standard InChI is InChI=1S/C24H27FN4O/c1-29(2)15-19-11-17(3-4-20(19)16-6-9-30-10-7-16)18-12-22(24(26)28-13-18)21-5-8-27-14-23(21)25/h3-5,8,11-14,16H,6-7,9-10,15H2,1-2H3,(H2,26,28). The molecular weight excluding hydrogens is 379 g/mol. The molecule has 1 aliphatic rings. The molecule has 6 heteroatoms. The van der Waals surface area contributed by atoms with Gasteiger partial charge in [-0.05, 0) is 67.7 Å². The molecule has 0 amide bonds. The van der Waals surface area contributed by atoms with E-state index in [0.717, 1.165) is 43.7 Å². The van der Waals surface area contributed by atoms with Gasteiger partial charge in [-0.25, -0.2) is 9.37 Å². The zero-order valence-corrected chi connectivity index (χ0v) is 17.4. The van der Waals surface area contributed by atoms with E-state index >= 15 is 0 Å². The summed E-state index contributed by atoms with van der Waals surface area (Å²) in [6, 6.07) is 10.1. The molecule has 0 bridgehead atoms. The number of aromatic nitrogens is 2. The first-order valence-corrected chi connectivity index (χ1v) is 10.2. The Labute approximate surface area is 176 Å². The molecule has 2 N–H and O–H groups in total. The molecule has 1 saturated heterocycles. The Morgan fingerprint density at radius 1 is 1.07 bits per heavy atom. The van der Waals surface area contributed by atoms with Gasteiger partial charge in [0.05, 0.1) is 6.20 Å². The van der Waals surface area contributed by atoms with Gasteiger partial charge >= 0.3 is 0 Å². The molecule has 0 saturated carbocycles. The van der Waals surface area contributed by atoms with Crippen LogP contribution in [0.15, 0.2) is 48.9 Å². The number of benzene rings is 1. The van der Waals surface area contributed by atoms with E-state index in [2.05, 4.69) is 47.2 Å². The molecule has 3 heterocycles. The molecule has 0 aliphatic carbocycles. The van der Waals surface area contributed by atoms with Crippen molar-refractivity contribution in [3.63, 3.8) is 0 Å². The number of anilines is 1. The third-order valence-electron chi connectivity index (χ3n) is 5.61. The van der Waals surface area contributed by atoms with Crippen LogP contribution in [0.1, 0.15) is 29.9 Å². The van der Waals surface area contributed by atoms with Crippen LogP contribution in [-0.4, -0.2) is 42.2 Å². The minimum Gasteiger partial charge on any atom is -0.383 e. The normalized spacial score (nSPS) is 14.9. The average Bonchev–Trinajstić information content (AvgIpc) is 2.75. The molecule has 1 aliphatic heterocycles. The van der Waals surface area contributed by atoms with Crippen LogP contribution in [0.25, 0.3) is 22.3 Å². The Balaban J connectivity index is 1.75. The number of rotatable bonds is 5. The molecule has 0 atom stereocenters. The molecule has 1 aromatic carbocycles. The first kappa shape index (κ1) is 20.4. The number of nitrogen functional groups attached to an aromatic ring is 1. The molecule has 1 fully saturated rings. The molecule has 2 aromatic heterocycles. The van der Waals surface area contributed by atoms with Crippen LogP contribution in [0.4, 0.5) is 10.2 Å². The number of halogens is 1. The van der Waals surface area contributed by atoms with E-state index in [1.165, 1.54) is 17.3 Å². The van der Waals surface area contributed by atoms with Crippen molar-refractivity contribution < 1.29 is 9.13 Å². The van der Waals surface area contributed by atoms with E-state index in [1.807, 2.05) is 6.07 Å². The minimum absolute atomic E-state index is 0.302. The van der Waals surface area contributed by atoms with Gasteiger partial charge in [0.2, 0.25) is 0 Å². The van der Waals surface area contributed by atoms with Gasteiger partial charge in [0.1, 0.15) is 11.6 Å². The van der Waals surface area contributed by atoms with Crippen LogP contribution in [0.2, 0.25) is 0 Å². The summed E-state index contributed by atoms with van der Waals surface area (Å²) in [5.74, 6) is 0.413. The van der Waals surface area contributed by atoms with E-state index in [1.54, 1.807) is 18.5 Å². The summed E-state index contributed by atoms with van der Waals surface area (Å²) in [6.45, 7) is 2.49. The fourth-order valence-electron chi connectivity index (χ4n) is 4.11. The van der Waals surface area contributed by atoms with E-state index in [0.29, 0.717) is 22.9 Å². The Morgan fingerprint density at radius 3 is 2.60 bits per heavy atom. The number of nitrogens with zero attached hydrogens (tertiary/aromatic N) is 3. The van der Waals surface area contributed by atoms with Gasteiger partial charge in [0.15, 0.2) is 0 Å². The van der Waals surface area contributed by atoms with Crippen molar-refractivity contribution in [3.05, 3.63) is 65.9 Å². The zero-order valence-electron chi connectivity index (χ0n) is 17.4. The smallest absolute Gasteiger partial charge is 0.149 e. The number of ether oxygens (including phenoxy) is 1. The van der Waals surface area contributed by atoms with Crippen LogP contribution in [-0.2, 0) is 11.3 Å². The van der Waals surface area contributed by atoms with Crippen LogP contribution in [0.3, 0.4) is 0 Å². The molecule has 4 rings (SSSR count). The van der Waals surface area contributed by atoms with Gasteiger partial charge in [0, 0.05) is 48.8 Å². The van der Waals surface area contributed by atoms with Gasteiger partial charge in [-0.2, -0.15) is 0 Å². The summed E-state index contributed by atoms with van der Waals surface area (Å²) in [5.41, 5.74) is 11.7. The van der Waals surface area contributed by atoms with E-state index < -0.39 is 5.82 Å². The van der Waals surface area contributed by atoms with E-state index in [9.17, 15) is 4.39 Å². The Morgan fingerprint density at radius 2 is 1.87 bits per heavy atom. The second-order valence-corrected chi connectivity index (χ2v) is 8.05. The highest BCUT2D eigenvalue weighted by atomic mass is 19.1. The number of hydrogen-bond donors (Lipinski definition) is 1. The molecule has 3 aromatic rings. The van der Waals surface area contributed by atoms with Crippen molar-refractivity contribution in [1.82, 2.24) is 14.9 Å². The average molecular weight is 407 g/mol. The van der Waals surface area contributed by atoms with Crippen molar-refractivity contribution in [2.45, 2.75) is 25.3 Å². The molecule has 0 radical (unpaired) electrons. The van der Waals surface area contributed by atoms with Gasteiger partial charge in [-0.15, -0.1) is 0 Å². The lowest BCUT2D eigenvalue weighted by Gasteiger charge is -2.26. The summed E-state index contributed by atoms with van der Waals surface area (Å²) in [7, 11) is 4.16. The quantitative estimate of drug-likeness (QED) is 0.676. The lowest BCUT2D eigenvalue weighted by molar-refractivity contribution is 0.0850. The van der Waals surface area contributed by atoms with E-state index in [-0.39, 0.29) is 0 Å². The maximum absolute atomic E-state index is 14.3. The molecule has 0 spiro atoms. The van der Waals surface area contributed by atoms with Crippen LogP contribution < -0.4 is 5.73 Å².